The van der Waals surface area contributed by atoms with Gasteiger partial charge < -0.3 is 0 Å². The van der Waals surface area contributed by atoms with Crippen LogP contribution in [0.25, 0.3) is 0 Å². The van der Waals surface area contributed by atoms with Crippen molar-refractivity contribution < 1.29 is 4.39 Å². The van der Waals surface area contributed by atoms with Gasteiger partial charge in [-0.1, -0.05) is 61.5 Å². The Bertz CT molecular complexity index is 721. The van der Waals surface area contributed by atoms with E-state index in [0.717, 1.165) is 45.3 Å². The molecule has 0 saturated heterocycles. The van der Waals surface area contributed by atoms with Gasteiger partial charge in [0.25, 0.3) is 0 Å². The van der Waals surface area contributed by atoms with Crippen molar-refractivity contribution in [3.05, 3.63) is 71.3 Å². The summed E-state index contributed by atoms with van der Waals surface area (Å²) < 4.78 is 13.9. The fourth-order valence-electron chi connectivity index (χ4n) is 4.16. The summed E-state index contributed by atoms with van der Waals surface area (Å²) in [6, 6.07) is 21.2. The standard InChI is InChI=1S/C24H32FN.C2H3N/c1-2-17-26(19-21-8-4-3-5-9-21)18-7-10-20-13-15-22(16-14-20)23-11-6-12-24(23)25;1-2-3/h3-5,8-9,13-16,23-24H,2,6-7,10-12,17-19H2,1H3;1H3. The van der Waals surface area contributed by atoms with Gasteiger partial charge in [-0.25, -0.2) is 4.39 Å². The molecular formula is C26H35FN2. The van der Waals surface area contributed by atoms with Crippen LogP contribution in [0.2, 0.25) is 0 Å². The normalized spacial score (nSPS) is 18.2. The maximum absolute atomic E-state index is 13.9. The van der Waals surface area contributed by atoms with E-state index >= 15 is 0 Å². The molecule has 0 amide bonds. The van der Waals surface area contributed by atoms with Crippen molar-refractivity contribution in [3.8, 4) is 6.07 Å². The van der Waals surface area contributed by atoms with Crippen molar-refractivity contribution in [3.63, 3.8) is 0 Å². The molecule has 1 aliphatic carbocycles. The van der Waals surface area contributed by atoms with Gasteiger partial charge in [-0.05, 0) is 68.3 Å². The largest absolute Gasteiger partial charge is 0.299 e. The van der Waals surface area contributed by atoms with Crippen LogP contribution in [0.15, 0.2) is 54.6 Å². The third-order valence-corrected chi connectivity index (χ3v) is 5.57. The molecule has 0 N–H and O–H groups in total. The Kier molecular flexibility index (Phi) is 10.5. The molecule has 1 aliphatic rings. The van der Waals surface area contributed by atoms with Crippen LogP contribution in [0, 0.1) is 11.3 Å². The Balaban J connectivity index is 0.000000941. The van der Waals surface area contributed by atoms with Crippen molar-refractivity contribution in [1.29, 1.82) is 5.26 Å². The number of aryl methyl sites for hydroxylation is 1. The van der Waals surface area contributed by atoms with E-state index in [1.807, 2.05) is 0 Å². The van der Waals surface area contributed by atoms with Crippen molar-refractivity contribution in [2.75, 3.05) is 13.1 Å². The fraction of sp³-hybridized carbons (Fsp3) is 0.500. The van der Waals surface area contributed by atoms with Crippen LogP contribution in [-0.4, -0.2) is 24.2 Å². The van der Waals surface area contributed by atoms with E-state index in [0.29, 0.717) is 0 Å². The first-order valence-electron chi connectivity index (χ1n) is 11.0. The second-order valence-electron chi connectivity index (χ2n) is 7.88. The Labute approximate surface area is 176 Å². The highest BCUT2D eigenvalue weighted by Crippen LogP contribution is 2.36. The lowest BCUT2D eigenvalue weighted by atomic mass is 9.95. The topological polar surface area (TPSA) is 27.0 Å². The Hall–Kier alpha value is -2.18. The van der Waals surface area contributed by atoms with Gasteiger partial charge in [0.2, 0.25) is 0 Å². The number of hydrogen-bond donors (Lipinski definition) is 0. The smallest absolute Gasteiger partial charge is 0.107 e. The summed E-state index contributed by atoms with van der Waals surface area (Å²) in [5.41, 5.74) is 3.95. The third kappa shape index (κ3) is 7.99. The van der Waals surface area contributed by atoms with Crippen molar-refractivity contribution in [1.82, 2.24) is 4.90 Å². The zero-order chi connectivity index (χ0) is 20.9. The molecule has 0 heterocycles. The highest BCUT2D eigenvalue weighted by atomic mass is 19.1. The summed E-state index contributed by atoms with van der Waals surface area (Å²) in [7, 11) is 0. The number of benzene rings is 2. The van der Waals surface area contributed by atoms with Gasteiger partial charge in [-0.3, -0.25) is 4.90 Å². The van der Waals surface area contributed by atoms with Crippen LogP contribution in [0.1, 0.15) is 68.6 Å². The monoisotopic (exact) mass is 394 g/mol. The first-order chi connectivity index (χ1) is 14.2. The quantitative estimate of drug-likeness (QED) is 0.475. The summed E-state index contributed by atoms with van der Waals surface area (Å²) in [6.07, 6.45) is 5.59. The number of nitrogens with zero attached hydrogens (tertiary/aromatic N) is 2. The second-order valence-corrected chi connectivity index (χ2v) is 7.88. The highest BCUT2D eigenvalue weighted by Gasteiger charge is 2.27. The molecule has 0 aliphatic heterocycles. The minimum atomic E-state index is -0.638. The first kappa shape index (κ1) is 23.1. The van der Waals surface area contributed by atoms with Crippen molar-refractivity contribution >= 4 is 0 Å². The molecule has 3 rings (SSSR count). The molecule has 2 unspecified atom stereocenters. The second kappa shape index (κ2) is 13.1. The van der Waals surface area contributed by atoms with Gasteiger partial charge in [0.1, 0.15) is 6.17 Å². The van der Waals surface area contributed by atoms with E-state index in [1.54, 1.807) is 6.07 Å². The predicted molar refractivity (Wildman–Crippen MR) is 120 cm³/mol. The number of alkyl halides is 1. The van der Waals surface area contributed by atoms with Crippen LogP contribution in [0.5, 0.6) is 0 Å². The summed E-state index contributed by atoms with van der Waals surface area (Å²) in [5, 5.41) is 7.32. The molecule has 2 nitrogen and oxygen atoms in total. The summed E-state index contributed by atoms with van der Waals surface area (Å²) in [4.78, 5) is 2.55. The van der Waals surface area contributed by atoms with E-state index in [4.69, 9.17) is 5.26 Å². The van der Waals surface area contributed by atoms with E-state index in [9.17, 15) is 4.39 Å². The molecule has 156 valence electrons. The molecule has 2 aromatic rings. The van der Waals surface area contributed by atoms with Gasteiger partial charge in [-0.2, -0.15) is 5.26 Å². The average molecular weight is 395 g/mol. The van der Waals surface area contributed by atoms with E-state index < -0.39 is 6.17 Å². The molecule has 2 atom stereocenters. The molecule has 3 heteroatoms. The molecule has 29 heavy (non-hydrogen) atoms. The van der Waals surface area contributed by atoms with Crippen LogP contribution in [0.4, 0.5) is 4.39 Å². The molecule has 0 radical (unpaired) electrons. The molecule has 1 fully saturated rings. The molecule has 0 bridgehead atoms. The minimum absolute atomic E-state index is 0.134. The minimum Gasteiger partial charge on any atom is -0.299 e. The summed E-state index contributed by atoms with van der Waals surface area (Å²) >= 11 is 0. The van der Waals surface area contributed by atoms with Crippen molar-refractivity contribution in [2.45, 2.75) is 71.0 Å². The zero-order valence-corrected chi connectivity index (χ0v) is 18.0. The lowest BCUT2D eigenvalue weighted by Crippen LogP contribution is -2.25. The summed E-state index contributed by atoms with van der Waals surface area (Å²) in [6.45, 7) is 6.98. The lowest BCUT2D eigenvalue weighted by Gasteiger charge is -2.22. The van der Waals surface area contributed by atoms with E-state index in [-0.39, 0.29) is 5.92 Å². The Morgan fingerprint density at radius 1 is 1.00 bits per heavy atom. The molecule has 2 aromatic carbocycles. The highest BCUT2D eigenvalue weighted by molar-refractivity contribution is 5.27. The van der Waals surface area contributed by atoms with Gasteiger partial charge in [0.15, 0.2) is 0 Å². The van der Waals surface area contributed by atoms with Crippen LogP contribution >= 0.6 is 0 Å². The van der Waals surface area contributed by atoms with Gasteiger partial charge in [-0.15, -0.1) is 0 Å². The predicted octanol–water partition coefficient (Wildman–Crippen LogP) is 6.67. The number of hydrogen-bond acceptors (Lipinski definition) is 2. The maximum atomic E-state index is 13.9. The number of rotatable bonds is 9. The molecule has 0 aromatic heterocycles. The van der Waals surface area contributed by atoms with E-state index in [2.05, 4.69) is 66.4 Å². The van der Waals surface area contributed by atoms with Crippen LogP contribution in [-0.2, 0) is 13.0 Å². The SMILES string of the molecule is CC#N.CCCN(CCCc1ccc(C2CCCC2F)cc1)Cc1ccccc1. The average Bonchev–Trinajstić information content (AvgIpc) is 3.16. The summed E-state index contributed by atoms with van der Waals surface area (Å²) in [5.74, 6) is 0.134. The molecular weight excluding hydrogens is 359 g/mol. The first-order valence-corrected chi connectivity index (χ1v) is 11.0. The molecule has 0 spiro atoms. The Morgan fingerprint density at radius 3 is 2.28 bits per heavy atom. The lowest BCUT2D eigenvalue weighted by molar-refractivity contribution is 0.262. The zero-order valence-electron chi connectivity index (χ0n) is 18.0. The molecule has 1 saturated carbocycles. The van der Waals surface area contributed by atoms with Gasteiger partial charge >= 0.3 is 0 Å². The van der Waals surface area contributed by atoms with Gasteiger partial charge in [0.05, 0.1) is 6.07 Å². The Morgan fingerprint density at radius 2 is 1.69 bits per heavy atom. The number of nitriles is 1. The maximum Gasteiger partial charge on any atom is 0.107 e. The van der Waals surface area contributed by atoms with Crippen molar-refractivity contribution in [2.24, 2.45) is 0 Å². The number of halogens is 1. The van der Waals surface area contributed by atoms with Crippen LogP contribution < -0.4 is 0 Å². The van der Waals surface area contributed by atoms with Crippen LogP contribution in [0.3, 0.4) is 0 Å². The van der Waals surface area contributed by atoms with E-state index in [1.165, 1.54) is 36.5 Å². The third-order valence-electron chi connectivity index (χ3n) is 5.57. The van der Waals surface area contributed by atoms with Gasteiger partial charge in [0, 0.05) is 19.4 Å². The fourth-order valence-corrected chi connectivity index (χ4v) is 4.16.